The van der Waals surface area contributed by atoms with Gasteiger partial charge >= 0.3 is 0 Å². The van der Waals surface area contributed by atoms with E-state index in [0.717, 1.165) is 5.56 Å². The maximum atomic E-state index is 12.5. The minimum atomic E-state index is -3.67. The van der Waals surface area contributed by atoms with Crippen molar-refractivity contribution in [2.45, 2.75) is 18.4 Å². The minimum Gasteiger partial charge on any atom is -0.483 e. The Kier molecular flexibility index (Phi) is 7.10. The third-order valence-corrected chi connectivity index (χ3v) is 5.90. The summed E-state index contributed by atoms with van der Waals surface area (Å²) < 4.78 is 33.2. The molecule has 8 heteroatoms. The zero-order chi connectivity index (χ0) is 21.6. The van der Waals surface area contributed by atoms with E-state index in [0.29, 0.717) is 22.0 Å². The number of rotatable bonds is 8. The van der Waals surface area contributed by atoms with Gasteiger partial charge in [-0.3, -0.25) is 4.79 Å². The molecule has 0 aliphatic carbocycles. The molecule has 30 heavy (non-hydrogen) atoms. The van der Waals surface area contributed by atoms with E-state index in [2.05, 4.69) is 10.0 Å². The first-order valence-corrected chi connectivity index (χ1v) is 11.0. The first-order valence-electron chi connectivity index (χ1n) is 9.16. The SMILES string of the molecule is Cc1cc(S(=O)(=O)NCc2ccccc2)ccc1OCC(=O)Nc1ccc(Cl)cc1. The van der Waals surface area contributed by atoms with E-state index in [9.17, 15) is 13.2 Å². The largest absolute Gasteiger partial charge is 0.483 e. The van der Waals surface area contributed by atoms with Crippen LogP contribution >= 0.6 is 11.6 Å². The summed E-state index contributed by atoms with van der Waals surface area (Å²) >= 11 is 5.82. The lowest BCUT2D eigenvalue weighted by molar-refractivity contribution is -0.118. The molecule has 3 aromatic carbocycles. The molecule has 0 aromatic heterocycles. The Balaban J connectivity index is 1.58. The van der Waals surface area contributed by atoms with Gasteiger partial charge in [0.1, 0.15) is 5.75 Å². The first kappa shape index (κ1) is 21.8. The molecule has 0 saturated heterocycles. The fourth-order valence-electron chi connectivity index (χ4n) is 2.68. The maximum absolute atomic E-state index is 12.5. The lowest BCUT2D eigenvalue weighted by atomic mass is 10.2. The number of halogens is 1. The topological polar surface area (TPSA) is 84.5 Å². The number of amides is 1. The number of aryl methyl sites for hydroxylation is 1. The Morgan fingerprint density at radius 1 is 1.00 bits per heavy atom. The number of sulfonamides is 1. The summed E-state index contributed by atoms with van der Waals surface area (Å²) in [6.07, 6.45) is 0. The van der Waals surface area contributed by atoms with Gasteiger partial charge in [0, 0.05) is 17.3 Å². The van der Waals surface area contributed by atoms with Gasteiger partial charge in [0.15, 0.2) is 6.61 Å². The van der Waals surface area contributed by atoms with Crippen LogP contribution in [0.25, 0.3) is 0 Å². The molecule has 0 bridgehead atoms. The minimum absolute atomic E-state index is 0.133. The van der Waals surface area contributed by atoms with Crippen LogP contribution in [0.15, 0.2) is 77.7 Å². The molecule has 156 valence electrons. The molecular formula is C22H21ClN2O4S. The third-order valence-electron chi connectivity index (χ3n) is 4.25. The number of anilines is 1. The molecule has 1 amide bonds. The second-order valence-electron chi connectivity index (χ2n) is 6.58. The summed E-state index contributed by atoms with van der Waals surface area (Å²) in [6, 6.07) is 20.5. The maximum Gasteiger partial charge on any atom is 0.262 e. The number of benzene rings is 3. The highest BCUT2D eigenvalue weighted by atomic mass is 35.5. The van der Waals surface area contributed by atoms with Crippen molar-refractivity contribution in [3.8, 4) is 5.75 Å². The number of carbonyl (C=O) groups excluding carboxylic acids is 1. The second-order valence-corrected chi connectivity index (χ2v) is 8.78. The van der Waals surface area contributed by atoms with Gasteiger partial charge in [-0.25, -0.2) is 13.1 Å². The van der Waals surface area contributed by atoms with E-state index >= 15 is 0 Å². The number of hydrogen-bond acceptors (Lipinski definition) is 4. The molecule has 0 spiro atoms. The predicted octanol–water partition coefficient (Wildman–Crippen LogP) is 4.14. The van der Waals surface area contributed by atoms with Crippen LogP contribution in [0, 0.1) is 6.92 Å². The molecule has 0 unspecified atom stereocenters. The van der Waals surface area contributed by atoms with Gasteiger partial charge in [-0.05, 0) is 60.5 Å². The highest BCUT2D eigenvalue weighted by Crippen LogP contribution is 2.22. The van der Waals surface area contributed by atoms with Crippen LogP contribution in [-0.2, 0) is 21.4 Å². The van der Waals surface area contributed by atoms with E-state index in [-0.39, 0.29) is 24.0 Å². The Labute approximate surface area is 180 Å². The van der Waals surface area contributed by atoms with Crippen LogP contribution in [0.2, 0.25) is 5.02 Å². The van der Waals surface area contributed by atoms with E-state index < -0.39 is 10.0 Å². The number of carbonyl (C=O) groups is 1. The van der Waals surface area contributed by atoms with Crippen LogP contribution in [0.4, 0.5) is 5.69 Å². The summed E-state index contributed by atoms with van der Waals surface area (Å²) in [5.41, 5.74) is 2.08. The molecule has 0 fully saturated rings. The summed E-state index contributed by atoms with van der Waals surface area (Å²) in [6.45, 7) is 1.72. The molecular weight excluding hydrogens is 424 g/mol. The Bertz CT molecular complexity index is 1120. The van der Waals surface area contributed by atoms with Crippen LogP contribution in [-0.4, -0.2) is 20.9 Å². The molecule has 0 radical (unpaired) electrons. The van der Waals surface area contributed by atoms with Crippen molar-refractivity contribution in [3.05, 3.63) is 88.9 Å². The molecule has 3 rings (SSSR count). The molecule has 0 heterocycles. The standard InChI is InChI=1S/C22H21ClN2O4S/c1-16-13-20(30(27,28)24-14-17-5-3-2-4-6-17)11-12-21(16)29-15-22(26)25-19-9-7-18(23)8-10-19/h2-13,24H,14-15H2,1H3,(H,25,26). The fourth-order valence-corrected chi connectivity index (χ4v) is 3.91. The smallest absolute Gasteiger partial charge is 0.262 e. The average molecular weight is 445 g/mol. The predicted molar refractivity (Wildman–Crippen MR) is 117 cm³/mol. The number of hydrogen-bond donors (Lipinski definition) is 2. The van der Waals surface area contributed by atoms with E-state index in [4.69, 9.17) is 16.3 Å². The van der Waals surface area contributed by atoms with E-state index in [1.54, 1.807) is 37.3 Å². The Morgan fingerprint density at radius 2 is 1.70 bits per heavy atom. The van der Waals surface area contributed by atoms with Gasteiger partial charge in [-0.2, -0.15) is 0 Å². The normalized spacial score (nSPS) is 11.1. The highest BCUT2D eigenvalue weighted by Gasteiger charge is 2.16. The lowest BCUT2D eigenvalue weighted by Gasteiger charge is -2.12. The Morgan fingerprint density at radius 3 is 2.37 bits per heavy atom. The lowest BCUT2D eigenvalue weighted by Crippen LogP contribution is -2.23. The number of ether oxygens (including phenoxy) is 1. The monoisotopic (exact) mass is 444 g/mol. The van der Waals surface area contributed by atoms with Crippen LogP contribution in [0.1, 0.15) is 11.1 Å². The molecule has 0 aliphatic rings. The van der Waals surface area contributed by atoms with Crippen molar-refractivity contribution in [1.29, 1.82) is 0 Å². The van der Waals surface area contributed by atoms with Crippen LogP contribution in [0.3, 0.4) is 0 Å². The van der Waals surface area contributed by atoms with E-state index in [1.165, 1.54) is 12.1 Å². The molecule has 6 nitrogen and oxygen atoms in total. The van der Waals surface area contributed by atoms with Crippen molar-refractivity contribution in [3.63, 3.8) is 0 Å². The summed E-state index contributed by atoms with van der Waals surface area (Å²) in [4.78, 5) is 12.2. The van der Waals surface area contributed by atoms with E-state index in [1.807, 2.05) is 30.3 Å². The van der Waals surface area contributed by atoms with Gasteiger partial charge < -0.3 is 10.1 Å². The van der Waals surface area contributed by atoms with Crippen molar-refractivity contribution in [1.82, 2.24) is 4.72 Å². The summed E-state index contributed by atoms with van der Waals surface area (Å²) in [7, 11) is -3.67. The fraction of sp³-hybridized carbons (Fsp3) is 0.136. The van der Waals surface area contributed by atoms with Crippen molar-refractivity contribution in [2.24, 2.45) is 0 Å². The van der Waals surface area contributed by atoms with Gasteiger partial charge in [0.25, 0.3) is 5.91 Å². The van der Waals surface area contributed by atoms with Crippen molar-refractivity contribution in [2.75, 3.05) is 11.9 Å². The molecule has 0 aliphatic heterocycles. The zero-order valence-corrected chi connectivity index (χ0v) is 17.8. The third kappa shape index (κ3) is 6.06. The van der Waals surface area contributed by atoms with Gasteiger partial charge in [-0.15, -0.1) is 0 Å². The Hall–Kier alpha value is -2.87. The second kappa shape index (κ2) is 9.75. The van der Waals surface area contributed by atoms with Crippen molar-refractivity contribution < 1.29 is 17.9 Å². The summed E-state index contributed by atoms with van der Waals surface area (Å²) in [5.74, 6) is 0.0983. The highest BCUT2D eigenvalue weighted by molar-refractivity contribution is 7.89. The van der Waals surface area contributed by atoms with Crippen LogP contribution in [0.5, 0.6) is 5.75 Å². The van der Waals surface area contributed by atoms with Crippen LogP contribution < -0.4 is 14.8 Å². The van der Waals surface area contributed by atoms with Gasteiger partial charge in [0.05, 0.1) is 4.90 Å². The quantitative estimate of drug-likeness (QED) is 0.546. The first-order chi connectivity index (χ1) is 14.3. The summed E-state index contributed by atoms with van der Waals surface area (Å²) in [5, 5.41) is 3.28. The average Bonchev–Trinajstić information content (AvgIpc) is 2.74. The number of nitrogens with one attached hydrogen (secondary N) is 2. The molecule has 2 N–H and O–H groups in total. The zero-order valence-electron chi connectivity index (χ0n) is 16.3. The molecule has 0 atom stereocenters. The molecule has 3 aromatic rings. The van der Waals surface area contributed by atoms with Crippen molar-refractivity contribution >= 4 is 33.2 Å². The molecule has 0 saturated carbocycles. The van der Waals surface area contributed by atoms with Gasteiger partial charge in [0.2, 0.25) is 10.0 Å². The van der Waals surface area contributed by atoms with Gasteiger partial charge in [-0.1, -0.05) is 41.9 Å².